The summed E-state index contributed by atoms with van der Waals surface area (Å²) in [5.74, 6) is 0. The van der Waals surface area contributed by atoms with Gasteiger partial charge in [-0.2, -0.15) is 0 Å². The predicted molar refractivity (Wildman–Crippen MR) is 84.0 cm³/mol. The molecule has 19 heavy (non-hydrogen) atoms. The van der Waals surface area contributed by atoms with E-state index in [4.69, 9.17) is 5.73 Å². The standard InChI is InChI=1S/C17H26N2/c1-5-13-19(14-6-2)16(7-3)17(4,18)15-11-9-8-10-12-15/h5-6,8-12,16H,1-2,7,13-14,18H2,3-4H3. The molecule has 0 amide bonds. The van der Waals surface area contributed by atoms with Crippen molar-refractivity contribution < 1.29 is 0 Å². The van der Waals surface area contributed by atoms with Crippen LogP contribution in [0.1, 0.15) is 25.8 Å². The molecule has 2 heteroatoms. The molecule has 2 nitrogen and oxygen atoms in total. The van der Waals surface area contributed by atoms with Crippen LogP contribution in [0.2, 0.25) is 0 Å². The van der Waals surface area contributed by atoms with Gasteiger partial charge in [-0.3, -0.25) is 4.90 Å². The highest BCUT2D eigenvalue weighted by molar-refractivity contribution is 5.25. The van der Waals surface area contributed by atoms with E-state index in [1.165, 1.54) is 5.56 Å². The minimum Gasteiger partial charge on any atom is -0.320 e. The number of benzene rings is 1. The van der Waals surface area contributed by atoms with Gasteiger partial charge in [-0.15, -0.1) is 13.2 Å². The fourth-order valence-corrected chi connectivity index (χ4v) is 2.71. The van der Waals surface area contributed by atoms with Crippen molar-refractivity contribution in [2.75, 3.05) is 13.1 Å². The van der Waals surface area contributed by atoms with Crippen molar-refractivity contribution in [1.29, 1.82) is 0 Å². The second-order valence-corrected chi connectivity index (χ2v) is 5.10. The van der Waals surface area contributed by atoms with Gasteiger partial charge in [0.15, 0.2) is 0 Å². The van der Waals surface area contributed by atoms with Crippen molar-refractivity contribution in [2.24, 2.45) is 5.73 Å². The Balaban J connectivity index is 3.05. The number of nitrogens with two attached hydrogens (primary N) is 1. The Kier molecular flexibility index (Phi) is 6.00. The van der Waals surface area contributed by atoms with Gasteiger partial charge in [0.2, 0.25) is 0 Å². The lowest BCUT2D eigenvalue weighted by Gasteiger charge is -2.41. The topological polar surface area (TPSA) is 29.3 Å². The zero-order chi connectivity index (χ0) is 14.3. The molecular weight excluding hydrogens is 232 g/mol. The molecule has 0 heterocycles. The van der Waals surface area contributed by atoms with Crippen LogP contribution < -0.4 is 5.73 Å². The Hall–Kier alpha value is -1.38. The maximum atomic E-state index is 6.64. The molecule has 0 saturated carbocycles. The van der Waals surface area contributed by atoms with Crippen LogP contribution in [0.25, 0.3) is 0 Å². The van der Waals surface area contributed by atoms with Crippen molar-refractivity contribution in [3.8, 4) is 0 Å². The van der Waals surface area contributed by atoms with Crippen LogP contribution in [0.15, 0.2) is 55.6 Å². The van der Waals surface area contributed by atoms with E-state index >= 15 is 0 Å². The van der Waals surface area contributed by atoms with Crippen LogP contribution in [0, 0.1) is 0 Å². The number of hydrogen-bond donors (Lipinski definition) is 1. The Bertz CT molecular complexity index is 385. The largest absolute Gasteiger partial charge is 0.320 e. The smallest absolute Gasteiger partial charge is 0.0538 e. The molecule has 2 unspecified atom stereocenters. The van der Waals surface area contributed by atoms with Crippen molar-refractivity contribution in [1.82, 2.24) is 4.90 Å². The maximum Gasteiger partial charge on any atom is 0.0538 e. The number of rotatable bonds is 8. The van der Waals surface area contributed by atoms with Gasteiger partial charge in [0.25, 0.3) is 0 Å². The monoisotopic (exact) mass is 258 g/mol. The van der Waals surface area contributed by atoms with Crippen molar-refractivity contribution in [3.05, 3.63) is 61.2 Å². The van der Waals surface area contributed by atoms with Crippen LogP contribution in [0.3, 0.4) is 0 Å². The van der Waals surface area contributed by atoms with E-state index in [2.05, 4.69) is 44.0 Å². The van der Waals surface area contributed by atoms with E-state index < -0.39 is 0 Å². The fraction of sp³-hybridized carbons (Fsp3) is 0.412. The van der Waals surface area contributed by atoms with Gasteiger partial charge in [0.1, 0.15) is 0 Å². The first-order valence-corrected chi connectivity index (χ1v) is 6.88. The molecule has 1 aromatic carbocycles. The van der Waals surface area contributed by atoms with Crippen molar-refractivity contribution in [3.63, 3.8) is 0 Å². The van der Waals surface area contributed by atoms with Gasteiger partial charge in [0, 0.05) is 19.1 Å². The molecule has 2 atom stereocenters. The highest BCUT2D eigenvalue weighted by Gasteiger charge is 2.34. The van der Waals surface area contributed by atoms with Gasteiger partial charge < -0.3 is 5.73 Å². The van der Waals surface area contributed by atoms with E-state index in [1.54, 1.807) is 0 Å². The molecule has 1 rings (SSSR count). The minimum atomic E-state index is -0.387. The van der Waals surface area contributed by atoms with E-state index in [9.17, 15) is 0 Å². The van der Waals surface area contributed by atoms with Crippen molar-refractivity contribution in [2.45, 2.75) is 31.8 Å². The van der Waals surface area contributed by atoms with Gasteiger partial charge in [-0.25, -0.2) is 0 Å². The summed E-state index contributed by atoms with van der Waals surface area (Å²) >= 11 is 0. The first-order valence-electron chi connectivity index (χ1n) is 6.88. The van der Waals surface area contributed by atoms with Crippen molar-refractivity contribution >= 4 is 0 Å². The summed E-state index contributed by atoms with van der Waals surface area (Å²) in [5, 5.41) is 0. The fourth-order valence-electron chi connectivity index (χ4n) is 2.71. The van der Waals surface area contributed by atoms with Gasteiger partial charge in [-0.1, -0.05) is 49.4 Å². The summed E-state index contributed by atoms with van der Waals surface area (Å²) < 4.78 is 0. The van der Waals surface area contributed by atoms with Crippen LogP contribution in [-0.4, -0.2) is 24.0 Å². The highest BCUT2D eigenvalue weighted by atomic mass is 15.2. The third kappa shape index (κ3) is 3.79. The van der Waals surface area contributed by atoms with Gasteiger partial charge in [-0.05, 0) is 18.9 Å². The molecule has 0 saturated heterocycles. The second-order valence-electron chi connectivity index (χ2n) is 5.10. The molecule has 0 radical (unpaired) electrons. The summed E-state index contributed by atoms with van der Waals surface area (Å²) in [6.45, 7) is 13.6. The molecule has 0 fully saturated rings. The van der Waals surface area contributed by atoms with Crippen LogP contribution in [0.4, 0.5) is 0 Å². The molecule has 0 aliphatic rings. The molecule has 2 N–H and O–H groups in total. The lowest BCUT2D eigenvalue weighted by atomic mass is 9.83. The van der Waals surface area contributed by atoms with Crippen LogP contribution in [-0.2, 0) is 5.54 Å². The minimum absolute atomic E-state index is 0.255. The van der Waals surface area contributed by atoms with E-state index in [1.807, 2.05) is 30.4 Å². The second kappa shape index (κ2) is 7.27. The molecular formula is C17H26N2. The Morgan fingerprint density at radius 2 is 1.74 bits per heavy atom. The molecule has 104 valence electrons. The molecule has 0 bridgehead atoms. The first kappa shape index (κ1) is 15.7. The molecule has 1 aromatic rings. The highest BCUT2D eigenvalue weighted by Crippen LogP contribution is 2.27. The summed E-state index contributed by atoms with van der Waals surface area (Å²) in [7, 11) is 0. The zero-order valence-corrected chi connectivity index (χ0v) is 12.2. The van der Waals surface area contributed by atoms with E-state index in [0.717, 1.165) is 19.5 Å². The summed E-state index contributed by atoms with van der Waals surface area (Å²) in [5.41, 5.74) is 7.42. The summed E-state index contributed by atoms with van der Waals surface area (Å²) in [6.07, 6.45) is 4.84. The molecule has 0 aliphatic heterocycles. The first-order chi connectivity index (χ1) is 9.07. The molecule has 0 spiro atoms. The van der Waals surface area contributed by atoms with Crippen LogP contribution in [0.5, 0.6) is 0 Å². The van der Waals surface area contributed by atoms with E-state index in [0.29, 0.717) is 0 Å². The maximum absolute atomic E-state index is 6.64. The summed E-state index contributed by atoms with van der Waals surface area (Å²) in [4.78, 5) is 2.33. The average Bonchev–Trinajstić information content (AvgIpc) is 2.41. The normalized spacial score (nSPS) is 15.8. The van der Waals surface area contributed by atoms with Crippen LogP contribution >= 0.6 is 0 Å². The third-order valence-corrected chi connectivity index (χ3v) is 3.64. The quantitative estimate of drug-likeness (QED) is 0.725. The number of hydrogen-bond acceptors (Lipinski definition) is 2. The lowest BCUT2D eigenvalue weighted by Crippen LogP contribution is -2.54. The zero-order valence-electron chi connectivity index (χ0n) is 12.2. The molecule has 0 aromatic heterocycles. The van der Waals surface area contributed by atoms with E-state index in [-0.39, 0.29) is 11.6 Å². The average molecular weight is 258 g/mol. The van der Waals surface area contributed by atoms with Gasteiger partial charge >= 0.3 is 0 Å². The summed E-state index contributed by atoms with van der Waals surface area (Å²) in [6, 6.07) is 10.6. The SMILES string of the molecule is C=CCN(CC=C)C(CC)C(C)(N)c1ccccc1. The lowest BCUT2D eigenvalue weighted by molar-refractivity contribution is 0.150. The predicted octanol–water partition coefficient (Wildman–Crippen LogP) is 3.31. The number of nitrogens with zero attached hydrogens (tertiary/aromatic N) is 1. The third-order valence-electron chi connectivity index (χ3n) is 3.64. The Morgan fingerprint density at radius 3 is 2.16 bits per heavy atom. The Morgan fingerprint density at radius 1 is 1.21 bits per heavy atom. The molecule has 0 aliphatic carbocycles. The van der Waals surface area contributed by atoms with Gasteiger partial charge in [0.05, 0.1) is 5.54 Å². The Labute approximate surface area is 117 Å².